The number of halogens is 3. The van der Waals surface area contributed by atoms with Crippen LogP contribution in [0.25, 0.3) is 0 Å². The van der Waals surface area contributed by atoms with Gasteiger partial charge < -0.3 is 10.1 Å². The number of hydrogen-bond donors (Lipinski definition) is 1. The molecule has 0 atom stereocenters. The minimum absolute atomic E-state index is 0.177. The Kier molecular flexibility index (Phi) is 6.93. The average molecular weight is 505 g/mol. The van der Waals surface area contributed by atoms with Crippen molar-refractivity contribution in [2.45, 2.75) is 27.1 Å². The zero-order valence-corrected chi connectivity index (χ0v) is 20.1. The first kappa shape index (κ1) is 23.2. The Morgan fingerprint density at radius 2 is 1.79 bits per heavy atom. The van der Waals surface area contributed by atoms with E-state index in [2.05, 4.69) is 15.5 Å². The molecule has 2 aromatic heterocycles. The van der Waals surface area contributed by atoms with Gasteiger partial charge in [0, 0.05) is 12.4 Å². The summed E-state index contributed by atoms with van der Waals surface area (Å²) in [7, 11) is 0. The number of anilines is 1. The molecule has 0 unspecified atom stereocenters. The van der Waals surface area contributed by atoms with Gasteiger partial charge in [0.2, 0.25) is 0 Å². The lowest BCUT2D eigenvalue weighted by Crippen LogP contribution is -2.15. The summed E-state index contributed by atoms with van der Waals surface area (Å²) in [4.78, 5) is 12.6. The van der Waals surface area contributed by atoms with Crippen LogP contribution in [0, 0.1) is 13.8 Å². The number of nitrogens with zero attached hydrogens (tertiary/aromatic N) is 4. The minimum atomic E-state index is -0.429. The second kappa shape index (κ2) is 9.87. The molecular weight excluding hydrogens is 485 g/mol. The van der Waals surface area contributed by atoms with E-state index >= 15 is 0 Å². The molecule has 0 saturated heterocycles. The Morgan fingerprint density at radius 3 is 2.55 bits per heavy atom. The number of nitrogens with one attached hydrogen (secondary N) is 1. The maximum Gasteiger partial charge on any atom is 0.277 e. The van der Waals surface area contributed by atoms with E-state index in [1.165, 1.54) is 0 Å². The molecule has 0 saturated carbocycles. The number of amides is 1. The Bertz CT molecular complexity index is 1320. The fraction of sp³-hybridized carbons (Fsp3) is 0.174. The topological polar surface area (TPSA) is 74.0 Å². The molecule has 2 aromatic carbocycles. The molecule has 0 spiro atoms. The Hall–Kier alpha value is -3.00. The Balaban J connectivity index is 1.38. The zero-order chi connectivity index (χ0) is 23.5. The van der Waals surface area contributed by atoms with E-state index in [4.69, 9.17) is 39.5 Å². The average Bonchev–Trinajstić information content (AvgIpc) is 3.37. The van der Waals surface area contributed by atoms with Crippen LogP contribution < -0.4 is 10.1 Å². The van der Waals surface area contributed by atoms with Crippen LogP contribution in [0.15, 0.2) is 54.9 Å². The maximum atomic E-state index is 12.6. The number of rotatable bonds is 7. The summed E-state index contributed by atoms with van der Waals surface area (Å²) in [6, 6.07) is 12.8. The third-order valence-electron chi connectivity index (χ3n) is 4.83. The van der Waals surface area contributed by atoms with Gasteiger partial charge >= 0.3 is 0 Å². The van der Waals surface area contributed by atoms with E-state index in [9.17, 15) is 4.79 Å². The smallest absolute Gasteiger partial charge is 0.277 e. The third kappa shape index (κ3) is 5.68. The highest BCUT2D eigenvalue weighted by atomic mass is 35.5. The van der Waals surface area contributed by atoms with Gasteiger partial charge in [0.05, 0.1) is 16.6 Å². The second-order valence-electron chi connectivity index (χ2n) is 7.51. The van der Waals surface area contributed by atoms with Crippen LogP contribution in [-0.4, -0.2) is 25.5 Å². The van der Waals surface area contributed by atoms with Crippen molar-refractivity contribution < 1.29 is 9.53 Å². The highest BCUT2D eigenvalue weighted by Crippen LogP contribution is 2.25. The van der Waals surface area contributed by atoms with Crippen molar-refractivity contribution in [3.63, 3.8) is 0 Å². The summed E-state index contributed by atoms with van der Waals surface area (Å²) in [5.41, 5.74) is 3.31. The Morgan fingerprint density at radius 1 is 0.970 bits per heavy atom. The SMILES string of the molecule is Cc1ccc(OCn2ccc(C(=O)Nc3nn(Cc4ccc(Cl)c(Cl)c4)cc3Cl)n2)c(C)c1. The van der Waals surface area contributed by atoms with Crippen molar-refractivity contribution in [1.82, 2.24) is 19.6 Å². The van der Waals surface area contributed by atoms with Gasteiger partial charge in [-0.1, -0.05) is 58.6 Å². The molecule has 7 nitrogen and oxygen atoms in total. The second-order valence-corrected chi connectivity index (χ2v) is 8.73. The summed E-state index contributed by atoms with van der Waals surface area (Å²) < 4.78 is 8.94. The monoisotopic (exact) mass is 503 g/mol. The molecule has 2 heterocycles. The Labute approximate surface area is 205 Å². The van der Waals surface area contributed by atoms with Crippen LogP contribution in [-0.2, 0) is 13.3 Å². The fourth-order valence-corrected chi connectivity index (χ4v) is 3.73. The van der Waals surface area contributed by atoms with Gasteiger partial charge in [-0.05, 0) is 49.2 Å². The van der Waals surface area contributed by atoms with Crippen LogP contribution in [0.4, 0.5) is 5.82 Å². The molecule has 1 N–H and O–H groups in total. The molecule has 4 aromatic rings. The van der Waals surface area contributed by atoms with Gasteiger partial charge in [0.1, 0.15) is 10.8 Å². The van der Waals surface area contributed by atoms with Gasteiger partial charge in [-0.3, -0.25) is 9.48 Å². The highest BCUT2D eigenvalue weighted by Gasteiger charge is 2.15. The number of ether oxygens (including phenoxy) is 1. The van der Waals surface area contributed by atoms with Crippen molar-refractivity contribution in [1.29, 1.82) is 0 Å². The summed E-state index contributed by atoms with van der Waals surface area (Å²) >= 11 is 18.3. The number of benzene rings is 2. The predicted octanol–water partition coefficient (Wildman–Crippen LogP) is 5.99. The van der Waals surface area contributed by atoms with Gasteiger partial charge in [0.25, 0.3) is 5.91 Å². The molecule has 170 valence electrons. The first-order chi connectivity index (χ1) is 15.8. The number of carbonyl (C=O) groups is 1. The standard InChI is InChI=1S/C23H20Cl3N5O2/c1-14-3-6-21(15(2)9-14)33-13-30-8-7-20(28-30)23(32)27-22-19(26)12-31(29-22)11-16-4-5-17(24)18(25)10-16/h3-10,12H,11,13H2,1-2H3,(H,27,29,32). The van der Waals surface area contributed by atoms with Gasteiger partial charge in [0.15, 0.2) is 18.2 Å². The lowest BCUT2D eigenvalue weighted by molar-refractivity contribution is 0.101. The van der Waals surface area contributed by atoms with Crippen molar-refractivity contribution in [2.24, 2.45) is 0 Å². The first-order valence-electron chi connectivity index (χ1n) is 10.0. The molecule has 4 rings (SSSR count). The number of aromatic nitrogens is 4. The van der Waals surface area contributed by atoms with E-state index in [-0.39, 0.29) is 18.2 Å². The maximum absolute atomic E-state index is 12.6. The lowest BCUT2D eigenvalue weighted by atomic mass is 10.1. The van der Waals surface area contributed by atoms with Crippen molar-refractivity contribution in [3.05, 3.63) is 92.3 Å². The molecular formula is C23H20Cl3N5O2. The van der Waals surface area contributed by atoms with Crippen LogP contribution >= 0.6 is 34.8 Å². The fourth-order valence-electron chi connectivity index (χ4n) is 3.21. The summed E-state index contributed by atoms with van der Waals surface area (Å²) in [5.74, 6) is 0.575. The van der Waals surface area contributed by atoms with Crippen LogP contribution in [0.1, 0.15) is 27.2 Å². The van der Waals surface area contributed by atoms with E-state index < -0.39 is 5.91 Å². The molecule has 33 heavy (non-hydrogen) atoms. The summed E-state index contributed by atoms with van der Waals surface area (Å²) in [5, 5.41) is 12.5. The summed E-state index contributed by atoms with van der Waals surface area (Å²) in [6.07, 6.45) is 3.29. The van der Waals surface area contributed by atoms with Crippen molar-refractivity contribution >= 4 is 46.5 Å². The molecule has 10 heteroatoms. The normalized spacial score (nSPS) is 10.9. The van der Waals surface area contributed by atoms with E-state index in [1.54, 1.807) is 40.0 Å². The quantitative estimate of drug-likeness (QED) is 0.335. The zero-order valence-electron chi connectivity index (χ0n) is 17.8. The number of aryl methyl sites for hydroxylation is 2. The molecule has 0 radical (unpaired) electrons. The largest absolute Gasteiger partial charge is 0.471 e. The van der Waals surface area contributed by atoms with Crippen LogP contribution in [0.2, 0.25) is 15.1 Å². The van der Waals surface area contributed by atoms with Crippen molar-refractivity contribution in [3.8, 4) is 5.75 Å². The molecule has 1 amide bonds. The minimum Gasteiger partial charge on any atom is -0.471 e. The molecule has 0 aliphatic rings. The molecule has 0 aliphatic carbocycles. The molecule has 0 aliphatic heterocycles. The van der Waals surface area contributed by atoms with Crippen LogP contribution in [0.3, 0.4) is 0 Å². The van der Waals surface area contributed by atoms with Crippen LogP contribution in [0.5, 0.6) is 5.75 Å². The van der Waals surface area contributed by atoms with Crippen molar-refractivity contribution in [2.75, 3.05) is 5.32 Å². The first-order valence-corrected chi connectivity index (χ1v) is 11.1. The summed E-state index contributed by atoms with van der Waals surface area (Å²) in [6.45, 7) is 4.60. The van der Waals surface area contributed by atoms with Gasteiger partial charge in [-0.15, -0.1) is 0 Å². The molecule has 0 fully saturated rings. The lowest BCUT2D eigenvalue weighted by Gasteiger charge is -2.09. The number of carbonyl (C=O) groups excluding carboxylic acids is 1. The van der Waals surface area contributed by atoms with Gasteiger partial charge in [-0.2, -0.15) is 10.2 Å². The highest BCUT2D eigenvalue weighted by molar-refractivity contribution is 6.42. The third-order valence-corrected chi connectivity index (χ3v) is 5.85. The predicted molar refractivity (Wildman–Crippen MR) is 130 cm³/mol. The molecule has 0 bridgehead atoms. The van der Waals surface area contributed by atoms with E-state index in [0.29, 0.717) is 21.6 Å². The van der Waals surface area contributed by atoms with Gasteiger partial charge in [-0.25, -0.2) is 4.68 Å². The van der Waals surface area contributed by atoms with E-state index in [1.807, 2.05) is 38.1 Å². The van der Waals surface area contributed by atoms with E-state index in [0.717, 1.165) is 22.4 Å². The number of hydrogen-bond acceptors (Lipinski definition) is 4.